The molecule has 0 aliphatic carbocycles. The van der Waals surface area contributed by atoms with Crippen molar-refractivity contribution in [2.45, 2.75) is 6.04 Å². The van der Waals surface area contributed by atoms with Crippen molar-refractivity contribution in [1.82, 2.24) is 10.6 Å². The molecule has 22 heavy (non-hydrogen) atoms. The number of nitrogens with one attached hydrogen (secondary N) is 2. The lowest BCUT2D eigenvalue weighted by molar-refractivity contribution is -0.147. The Kier molecular flexibility index (Phi) is 5.11. The van der Waals surface area contributed by atoms with E-state index in [-0.39, 0.29) is 12.3 Å². The molecule has 2 atom stereocenters. The third kappa shape index (κ3) is 3.26. The maximum absolute atomic E-state index is 12.3. The normalized spacial score (nSPS) is 20.8. The molecular formula is C15H14Cl2N2O3. The van der Waals surface area contributed by atoms with Gasteiger partial charge in [0.15, 0.2) is 0 Å². The summed E-state index contributed by atoms with van der Waals surface area (Å²) >= 11 is 12.4. The number of carbonyl (C=O) groups is 2. The molecule has 7 heteroatoms. The van der Waals surface area contributed by atoms with Gasteiger partial charge in [-0.3, -0.25) is 4.79 Å². The Bertz CT molecular complexity index is 625. The molecule has 1 aliphatic rings. The van der Waals surface area contributed by atoms with Crippen LogP contribution < -0.4 is 10.6 Å². The molecule has 0 saturated carbocycles. The Morgan fingerprint density at radius 2 is 2.00 bits per heavy atom. The second-order valence-corrected chi connectivity index (χ2v) is 5.45. The van der Waals surface area contributed by atoms with Gasteiger partial charge in [-0.05, 0) is 12.1 Å². The lowest BCUT2D eigenvalue weighted by Gasteiger charge is -2.34. The van der Waals surface area contributed by atoms with Crippen LogP contribution in [0, 0.1) is 5.92 Å². The van der Waals surface area contributed by atoms with Crippen molar-refractivity contribution >= 4 is 35.2 Å². The fourth-order valence-corrected chi connectivity index (χ4v) is 2.87. The third-order valence-electron chi connectivity index (χ3n) is 3.18. The van der Waals surface area contributed by atoms with E-state index in [9.17, 15) is 9.59 Å². The predicted octanol–water partition coefficient (Wildman–Crippen LogP) is 3.21. The molecule has 1 aliphatic heterocycles. The van der Waals surface area contributed by atoms with E-state index in [2.05, 4.69) is 23.8 Å². The number of urea groups is 1. The highest BCUT2D eigenvalue weighted by atomic mass is 35.5. The maximum Gasteiger partial charge on any atom is 0.319 e. The fraction of sp³-hybridized carbons (Fsp3) is 0.200. The summed E-state index contributed by atoms with van der Waals surface area (Å²) in [6, 6.07) is 3.69. The van der Waals surface area contributed by atoms with Crippen molar-refractivity contribution in [2.75, 3.05) is 6.61 Å². The summed E-state index contributed by atoms with van der Waals surface area (Å²) in [4.78, 5) is 24.0. The standard InChI is InChI=1S/C15H14Cl2N2O3/c1-3-7-22-14(20)11-8(2)18-15(21)19-13(11)12-9(16)5-4-6-10(12)17/h3-6,11,13H,1-2,7H2,(H2,18,19,21)/t11-,13-/m1/s1. The molecule has 1 heterocycles. The van der Waals surface area contributed by atoms with Crippen LogP contribution in [-0.4, -0.2) is 18.6 Å². The molecule has 5 nitrogen and oxygen atoms in total. The van der Waals surface area contributed by atoms with Crippen LogP contribution in [0.15, 0.2) is 43.1 Å². The van der Waals surface area contributed by atoms with Crippen molar-refractivity contribution < 1.29 is 14.3 Å². The van der Waals surface area contributed by atoms with E-state index in [4.69, 9.17) is 27.9 Å². The van der Waals surface area contributed by atoms with E-state index in [0.717, 1.165) is 0 Å². The van der Waals surface area contributed by atoms with E-state index >= 15 is 0 Å². The average Bonchev–Trinajstić information content (AvgIpc) is 2.44. The molecule has 1 fully saturated rings. The van der Waals surface area contributed by atoms with Crippen LogP contribution in [0.3, 0.4) is 0 Å². The topological polar surface area (TPSA) is 67.4 Å². The van der Waals surface area contributed by atoms with E-state index in [1.54, 1.807) is 18.2 Å². The van der Waals surface area contributed by atoms with Crippen molar-refractivity contribution in [1.29, 1.82) is 0 Å². The first-order valence-corrected chi connectivity index (χ1v) is 7.19. The first kappa shape index (κ1) is 16.4. The number of halogens is 2. The van der Waals surface area contributed by atoms with Crippen LogP contribution in [-0.2, 0) is 9.53 Å². The summed E-state index contributed by atoms with van der Waals surface area (Å²) in [6.07, 6.45) is 1.45. The second kappa shape index (κ2) is 6.85. The Morgan fingerprint density at radius 3 is 2.59 bits per heavy atom. The second-order valence-electron chi connectivity index (χ2n) is 4.63. The van der Waals surface area contributed by atoms with Crippen LogP contribution in [0.25, 0.3) is 0 Å². The number of carbonyl (C=O) groups excluding carboxylic acids is 2. The van der Waals surface area contributed by atoms with E-state index in [0.29, 0.717) is 15.6 Å². The molecular weight excluding hydrogens is 327 g/mol. The highest BCUT2D eigenvalue weighted by molar-refractivity contribution is 6.36. The van der Waals surface area contributed by atoms with Gasteiger partial charge in [-0.25, -0.2) is 4.79 Å². The Balaban J connectivity index is 2.43. The van der Waals surface area contributed by atoms with Gasteiger partial charge in [0.1, 0.15) is 12.5 Å². The molecule has 2 N–H and O–H groups in total. The van der Waals surface area contributed by atoms with E-state index in [1.807, 2.05) is 0 Å². The molecule has 1 aromatic carbocycles. The molecule has 0 unspecified atom stereocenters. The van der Waals surface area contributed by atoms with Crippen molar-refractivity contribution in [3.8, 4) is 0 Å². The minimum absolute atomic E-state index is 0.0551. The number of benzene rings is 1. The summed E-state index contributed by atoms with van der Waals surface area (Å²) < 4.78 is 5.07. The molecule has 2 rings (SSSR count). The molecule has 2 amide bonds. The maximum atomic E-state index is 12.3. The summed E-state index contributed by atoms with van der Waals surface area (Å²) in [6.45, 7) is 7.27. The zero-order valence-electron chi connectivity index (χ0n) is 11.6. The number of amides is 2. The number of hydrogen-bond acceptors (Lipinski definition) is 3. The van der Waals surface area contributed by atoms with Gasteiger partial charge >= 0.3 is 12.0 Å². The van der Waals surface area contributed by atoms with Gasteiger partial charge in [0.2, 0.25) is 0 Å². The highest BCUT2D eigenvalue weighted by Crippen LogP contribution is 2.38. The molecule has 1 saturated heterocycles. The zero-order chi connectivity index (χ0) is 16.3. The van der Waals surface area contributed by atoms with Crippen LogP contribution in [0.4, 0.5) is 4.79 Å². The van der Waals surface area contributed by atoms with Crippen molar-refractivity contribution in [3.05, 3.63) is 58.7 Å². The monoisotopic (exact) mass is 340 g/mol. The zero-order valence-corrected chi connectivity index (χ0v) is 13.1. The van der Waals surface area contributed by atoms with Gasteiger partial charge < -0.3 is 15.4 Å². The molecule has 0 radical (unpaired) electrons. The van der Waals surface area contributed by atoms with Gasteiger partial charge in [-0.15, -0.1) is 0 Å². The Labute approximate surface area is 137 Å². The Morgan fingerprint density at radius 1 is 1.36 bits per heavy atom. The summed E-state index contributed by atoms with van der Waals surface area (Å²) in [5, 5.41) is 5.80. The predicted molar refractivity (Wildman–Crippen MR) is 84.7 cm³/mol. The van der Waals surface area contributed by atoms with Crippen molar-refractivity contribution in [2.24, 2.45) is 5.92 Å². The van der Waals surface area contributed by atoms with Crippen LogP contribution in [0.1, 0.15) is 11.6 Å². The molecule has 1 aromatic rings. The van der Waals surface area contributed by atoms with Gasteiger partial charge in [0, 0.05) is 21.3 Å². The fourth-order valence-electron chi connectivity index (χ4n) is 2.24. The molecule has 0 spiro atoms. The first-order valence-electron chi connectivity index (χ1n) is 6.43. The van der Waals surface area contributed by atoms with Crippen LogP contribution in [0.5, 0.6) is 0 Å². The lowest BCUT2D eigenvalue weighted by atomic mass is 9.89. The molecule has 0 bridgehead atoms. The largest absolute Gasteiger partial charge is 0.461 e. The van der Waals surface area contributed by atoms with E-state index < -0.39 is 24.0 Å². The summed E-state index contributed by atoms with van der Waals surface area (Å²) in [5.41, 5.74) is 0.668. The van der Waals surface area contributed by atoms with Gasteiger partial charge in [-0.2, -0.15) is 0 Å². The average molecular weight is 341 g/mol. The lowest BCUT2D eigenvalue weighted by Crippen LogP contribution is -2.51. The highest BCUT2D eigenvalue weighted by Gasteiger charge is 2.40. The van der Waals surface area contributed by atoms with Crippen LogP contribution >= 0.6 is 23.2 Å². The number of hydrogen-bond donors (Lipinski definition) is 2. The smallest absolute Gasteiger partial charge is 0.319 e. The first-order chi connectivity index (χ1) is 10.5. The van der Waals surface area contributed by atoms with Gasteiger partial charge in [0.05, 0.1) is 6.04 Å². The summed E-state index contributed by atoms with van der Waals surface area (Å²) in [7, 11) is 0. The number of rotatable bonds is 4. The van der Waals surface area contributed by atoms with E-state index in [1.165, 1.54) is 6.08 Å². The van der Waals surface area contributed by atoms with Crippen molar-refractivity contribution in [3.63, 3.8) is 0 Å². The number of esters is 1. The quantitative estimate of drug-likeness (QED) is 0.653. The summed E-state index contributed by atoms with van der Waals surface area (Å²) in [5.74, 6) is -1.41. The minimum atomic E-state index is -0.852. The minimum Gasteiger partial charge on any atom is -0.461 e. The molecule has 0 aromatic heterocycles. The van der Waals surface area contributed by atoms with Gasteiger partial charge in [0.25, 0.3) is 0 Å². The SMILES string of the molecule is C=CCOC(=O)[C@@H]1C(=C)NC(=O)N[C@H]1c1c(Cl)cccc1Cl. The third-order valence-corrected chi connectivity index (χ3v) is 3.84. The van der Waals surface area contributed by atoms with Gasteiger partial charge in [-0.1, -0.05) is 48.5 Å². The molecule has 116 valence electrons. The Hall–Kier alpha value is -1.98. The van der Waals surface area contributed by atoms with Crippen LogP contribution in [0.2, 0.25) is 10.0 Å². The number of ether oxygens (including phenoxy) is 1.